The number of nitrogens with two attached hydrogens (primary N) is 1. The molecule has 0 saturated heterocycles. The Morgan fingerprint density at radius 1 is 1.15 bits per heavy atom. The zero-order valence-electron chi connectivity index (χ0n) is 9.88. The molecule has 0 saturated carbocycles. The minimum absolute atomic E-state index is 0.0424. The molecule has 3 N–H and O–H groups in total. The number of anilines is 2. The SMILES string of the molecule is Nc1cc(Cl)c(Cl)c(C(=O)Nc2cccc(Cl)c2F)c1. The van der Waals surface area contributed by atoms with Gasteiger partial charge >= 0.3 is 0 Å². The van der Waals surface area contributed by atoms with Crippen LogP contribution < -0.4 is 11.1 Å². The highest BCUT2D eigenvalue weighted by molar-refractivity contribution is 6.44. The van der Waals surface area contributed by atoms with Crippen molar-refractivity contribution < 1.29 is 9.18 Å². The van der Waals surface area contributed by atoms with E-state index in [0.717, 1.165) is 0 Å². The molecule has 20 heavy (non-hydrogen) atoms. The summed E-state index contributed by atoms with van der Waals surface area (Å²) in [7, 11) is 0. The highest BCUT2D eigenvalue weighted by atomic mass is 35.5. The number of carbonyl (C=O) groups is 1. The van der Waals surface area contributed by atoms with Crippen LogP contribution in [0.3, 0.4) is 0 Å². The first-order chi connectivity index (χ1) is 9.40. The van der Waals surface area contributed by atoms with E-state index in [-0.39, 0.29) is 32.0 Å². The van der Waals surface area contributed by atoms with Crippen LogP contribution in [0.4, 0.5) is 15.8 Å². The molecule has 2 aromatic carbocycles. The third-order valence-corrected chi connectivity index (χ3v) is 3.59. The summed E-state index contributed by atoms with van der Waals surface area (Å²) in [5, 5.41) is 2.45. The number of nitrogens with one attached hydrogen (secondary N) is 1. The number of benzene rings is 2. The van der Waals surface area contributed by atoms with Crippen molar-refractivity contribution in [2.45, 2.75) is 0 Å². The lowest BCUT2D eigenvalue weighted by Gasteiger charge is -2.10. The van der Waals surface area contributed by atoms with E-state index < -0.39 is 11.7 Å². The summed E-state index contributed by atoms with van der Waals surface area (Å²) in [6, 6.07) is 7.03. The van der Waals surface area contributed by atoms with Gasteiger partial charge in [0.05, 0.1) is 26.3 Å². The zero-order valence-corrected chi connectivity index (χ0v) is 12.2. The molecule has 3 nitrogen and oxygen atoms in total. The Morgan fingerprint density at radius 3 is 2.55 bits per heavy atom. The number of halogens is 4. The number of carbonyl (C=O) groups excluding carboxylic acids is 1. The summed E-state index contributed by atoms with van der Waals surface area (Å²) in [5.41, 5.74) is 5.86. The first-order valence-electron chi connectivity index (χ1n) is 5.40. The highest BCUT2D eigenvalue weighted by Gasteiger charge is 2.16. The molecule has 0 bridgehead atoms. The van der Waals surface area contributed by atoms with Crippen molar-refractivity contribution in [2.75, 3.05) is 11.1 Å². The quantitative estimate of drug-likeness (QED) is 0.788. The minimum atomic E-state index is -0.728. The molecule has 0 spiro atoms. The van der Waals surface area contributed by atoms with Crippen LogP contribution in [0.15, 0.2) is 30.3 Å². The van der Waals surface area contributed by atoms with E-state index in [2.05, 4.69) is 5.32 Å². The van der Waals surface area contributed by atoms with Gasteiger partial charge < -0.3 is 11.1 Å². The molecule has 0 aliphatic carbocycles. The van der Waals surface area contributed by atoms with Crippen LogP contribution in [-0.2, 0) is 0 Å². The first-order valence-corrected chi connectivity index (χ1v) is 6.53. The molecule has 0 radical (unpaired) electrons. The lowest BCUT2D eigenvalue weighted by Crippen LogP contribution is -2.14. The molecule has 1 amide bonds. The van der Waals surface area contributed by atoms with Gasteiger partial charge in [-0.25, -0.2) is 4.39 Å². The molecule has 0 unspecified atom stereocenters. The minimum Gasteiger partial charge on any atom is -0.399 e. The Labute approximate surface area is 129 Å². The van der Waals surface area contributed by atoms with E-state index in [4.69, 9.17) is 40.5 Å². The second-order valence-electron chi connectivity index (χ2n) is 3.92. The molecule has 0 aromatic heterocycles. The number of hydrogen-bond acceptors (Lipinski definition) is 2. The molecular formula is C13H8Cl3FN2O. The molecular weight excluding hydrogens is 326 g/mol. The van der Waals surface area contributed by atoms with Gasteiger partial charge in [-0.05, 0) is 24.3 Å². The molecule has 0 aliphatic rings. The Morgan fingerprint density at radius 2 is 1.85 bits per heavy atom. The molecule has 0 heterocycles. The number of rotatable bonds is 2. The molecule has 104 valence electrons. The van der Waals surface area contributed by atoms with Crippen molar-refractivity contribution in [1.82, 2.24) is 0 Å². The Hall–Kier alpha value is -1.49. The van der Waals surface area contributed by atoms with Crippen molar-refractivity contribution >= 4 is 52.1 Å². The lowest BCUT2D eigenvalue weighted by molar-refractivity contribution is 0.102. The molecule has 0 aliphatic heterocycles. The monoisotopic (exact) mass is 332 g/mol. The van der Waals surface area contributed by atoms with Gasteiger partial charge in [0.25, 0.3) is 5.91 Å². The number of hydrogen-bond donors (Lipinski definition) is 2. The van der Waals surface area contributed by atoms with Gasteiger partial charge in [-0.1, -0.05) is 40.9 Å². The summed E-state index contributed by atoms with van der Waals surface area (Å²) >= 11 is 17.4. The van der Waals surface area contributed by atoms with E-state index in [0.29, 0.717) is 0 Å². The Bertz CT molecular complexity index is 692. The summed E-state index contributed by atoms with van der Waals surface area (Å²) < 4.78 is 13.7. The molecule has 7 heteroatoms. The fourth-order valence-corrected chi connectivity index (χ4v) is 2.16. The first kappa shape index (κ1) is 14.9. The topological polar surface area (TPSA) is 55.1 Å². The van der Waals surface area contributed by atoms with Crippen LogP contribution in [-0.4, -0.2) is 5.91 Å². The van der Waals surface area contributed by atoms with Crippen molar-refractivity contribution in [1.29, 1.82) is 0 Å². The highest BCUT2D eigenvalue weighted by Crippen LogP contribution is 2.30. The third kappa shape index (κ3) is 2.98. The molecule has 0 fully saturated rings. The molecule has 2 rings (SSSR count). The van der Waals surface area contributed by atoms with Crippen molar-refractivity contribution in [3.63, 3.8) is 0 Å². The average molecular weight is 334 g/mol. The predicted molar refractivity (Wildman–Crippen MR) is 80.2 cm³/mol. The molecule has 0 atom stereocenters. The van der Waals surface area contributed by atoms with Gasteiger partial charge in [0.2, 0.25) is 0 Å². The Balaban J connectivity index is 2.36. The molecule has 2 aromatic rings. The van der Waals surface area contributed by atoms with E-state index in [1.807, 2.05) is 0 Å². The van der Waals surface area contributed by atoms with E-state index >= 15 is 0 Å². The second-order valence-corrected chi connectivity index (χ2v) is 5.11. The van der Waals surface area contributed by atoms with Crippen LogP contribution in [0.5, 0.6) is 0 Å². The van der Waals surface area contributed by atoms with Crippen LogP contribution in [0.25, 0.3) is 0 Å². The van der Waals surface area contributed by atoms with E-state index in [1.165, 1.54) is 30.3 Å². The van der Waals surface area contributed by atoms with Crippen LogP contribution in [0.1, 0.15) is 10.4 Å². The third-order valence-electron chi connectivity index (χ3n) is 2.49. The maximum absolute atomic E-state index is 13.7. The normalized spacial score (nSPS) is 10.4. The fourth-order valence-electron chi connectivity index (χ4n) is 1.57. The largest absolute Gasteiger partial charge is 0.399 e. The fraction of sp³-hybridized carbons (Fsp3) is 0. The number of nitrogen functional groups attached to an aromatic ring is 1. The smallest absolute Gasteiger partial charge is 0.257 e. The van der Waals surface area contributed by atoms with Gasteiger partial charge in [0, 0.05) is 5.69 Å². The number of amides is 1. The summed E-state index contributed by atoms with van der Waals surface area (Å²) in [5.74, 6) is -1.36. The van der Waals surface area contributed by atoms with Crippen molar-refractivity contribution in [3.8, 4) is 0 Å². The Kier molecular flexibility index (Phi) is 4.38. The van der Waals surface area contributed by atoms with Crippen LogP contribution >= 0.6 is 34.8 Å². The van der Waals surface area contributed by atoms with Gasteiger partial charge in [0.1, 0.15) is 0 Å². The zero-order chi connectivity index (χ0) is 14.9. The van der Waals surface area contributed by atoms with Crippen LogP contribution in [0, 0.1) is 5.82 Å². The van der Waals surface area contributed by atoms with Gasteiger partial charge in [-0.15, -0.1) is 0 Å². The van der Waals surface area contributed by atoms with Gasteiger partial charge in [-0.2, -0.15) is 0 Å². The maximum Gasteiger partial charge on any atom is 0.257 e. The lowest BCUT2D eigenvalue weighted by atomic mass is 10.1. The average Bonchev–Trinajstić information content (AvgIpc) is 2.39. The summed E-state index contributed by atoms with van der Waals surface area (Å²) in [6.45, 7) is 0. The van der Waals surface area contributed by atoms with Gasteiger partial charge in [-0.3, -0.25) is 4.79 Å². The predicted octanol–water partition coefficient (Wildman–Crippen LogP) is 4.62. The second kappa shape index (κ2) is 5.87. The summed E-state index contributed by atoms with van der Waals surface area (Å²) in [4.78, 5) is 12.1. The van der Waals surface area contributed by atoms with E-state index in [1.54, 1.807) is 0 Å². The van der Waals surface area contributed by atoms with Crippen molar-refractivity contribution in [3.05, 3.63) is 56.8 Å². The standard InChI is InChI=1S/C13H8Cl3FN2O/c14-8-2-1-3-10(12(8)17)19-13(20)7-4-6(18)5-9(15)11(7)16/h1-5H,18H2,(H,19,20). The van der Waals surface area contributed by atoms with Crippen molar-refractivity contribution in [2.24, 2.45) is 0 Å². The van der Waals surface area contributed by atoms with Gasteiger partial charge in [0.15, 0.2) is 5.82 Å². The maximum atomic E-state index is 13.7. The summed E-state index contributed by atoms with van der Waals surface area (Å²) in [6.07, 6.45) is 0. The van der Waals surface area contributed by atoms with Crippen LogP contribution in [0.2, 0.25) is 15.1 Å². The van der Waals surface area contributed by atoms with E-state index in [9.17, 15) is 9.18 Å².